The first-order chi connectivity index (χ1) is 7.25. The van der Waals surface area contributed by atoms with Gasteiger partial charge in [-0.05, 0) is 23.9 Å². The van der Waals surface area contributed by atoms with Gasteiger partial charge in [0.05, 0.1) is 5.02 Å². The molecule has 6 heteroatoms. The predicted molar refractivity (Wildman–Crippen MR) is 60.4 cm³/mol. The lowest BCUT2D eigenvalue weighted by Crippen LogP contribution is -1.85. The van der Waals surface area contributed by atoms with Crippen molar-refractivity contribution < 1.29 is 0 Å². The predicted octanol–water partition coefficient (Wildman–Crippen LogP) is 3.33. The molecule has 0 saturated heterocycles. The van der Waals surface area contributed by atoms with E-state index in [9.17, 15) is 0 Å². The van der Waals surface area contributed by atoms with E-state index in [2.05, 4.69) is 15.0 Å². The van der Waals surface area contributed by atoms with Gasteiger partial charge in [0.15, 0.2) is 5.15 Å². The molecule has 0 bridgehead atoms. The van der Waals surface area contributed by atoms with E-state index < -0.39 is 0 Å². The molecule has 15 heavy (non-hydrogen) atoms. The molecule has 0 unspecified atom stereocenters. The van der Waals surface area contributed by atoms with E-state index in [-0.39, 0.29) is 0 Å². The molecule has 0 aliphatic carbocycles. The first-order valence-corrected chi connectivity index (χ1v) is 5.59. The third-order valence-corrected chi connectivity index (χ3v) is 3.08. The Hall–Kier alpha value is -0.840. The topological polar surface area (TPSA) is 38.7 Å². The maximum atomic E-state index is 5.86. The molecule has 2 aromatic heterocycles. The second kappa shape index (κ2) is 4.79. The summed E-state index contributed by atoms with van der Waals surface area (Å²) in [5.41, 5.74) is 0. The maximum Gasteiger partial charge on any atom is 0.161 e. The van der Waals surface area contributed by atoms with Crippen LogP contribution in [0, 0.1) is 0 Å². The van der Waals surface area contributed by atoms with E-state index in [0.717, 1.165) is 5.03 Å². The second-order valence-corrected chi connectivity index (χ2v) is 4.37. The van der Waals surface area contributed by atoms with Gasteiger partial charge in [-0.2, -0.15) is 0 Å². The summed E-state index contributed by atoms with van der Waals surface area (Å²) in [6, 6.07) is 3.57. The van der Waals surface area contributed by atoms with Crippen molar-refractivity contribution in [1.82, 2.24) is 15.0 Å². The number of halogens is 2. The Morgan fingerprint density at radius 3 is 2.47 bits per heavy atom. The van der Waals surface area contributed by atoms with Crippen LogP contribution in [0.4, 0.5) is 0 Å². The zero-order chi connectivity index (χ0) is 10.7. The molecular formula is C9H5Cl2N3S. The van der Waals surface area contributed by atoms with Crippen LogP contribution in [0.1, 0.15) is 0 Å². The summed E-state index contributed by atoms with van der Waals surface area (Å²) < 4.78 is 0. The molecule has 0 spiro atoms. The van der Waals surface area contributed by atoms with Gasteiger partial charge in [0.2, 0.25) is 0 Å². The highest BCUT2D eigenvalue weighted by Gasteiger charge is 2.05. The van der Waals surface area contributed by atoms with Crippen molar-refractivity contribution in [1.29, 1.82) is 0 Å². The summed E-state index contributed by atoms with van der Waals surface area (Å²) in [4.78, 5) is 12.1. The number of pyridine rings is 1. The Morgan fingerprint density at radius 1 is 1.00 bits per heavy atom. The third-order valence-electron chi connectivity index (χ3n) is 1.52. The van der Waals surface area contributed by atoms with E-state index in [1.54, 1.807) is 30.7 Å². The fourth-order valence-electron chi connectivity index (χ4n) is 0.898. The highest BCUT2D eigenvalue weighted by atomic mass is 35.5. The van der Waals surface area contributed by atoms with Gasteiger partial charge in [-0.15, -0.1) is 0 Å². The van der Waals surface area contributed by atoms with E-state index in [1.165, 1.54) is 11.8 Å². The molecule has 76 valence electrons. The molecular weight excluding hydrogens is 253 g/mol. The number of hydrogen-bond donors (Lipinski definition) is 0. The fraction of sp³-hybridized carbons (Fsp3) is 0. The molecule has 0 atom stereocenters. The fourth-order valence-corrected chi connectivity index (χ4v) is 1.92. The molecule has 2 aromatic rings. The van der Waals surface area contributed by atoms with E-state index in [0.29, 0.717) is 15.2 Å². The second-order valence-electron chi connectivity index (χ2n) is 2.57. The van der Waals surface area contributed by atoms with Crippen molar-refractivity contribution in [3.8, 4) is 0 Å². The monoisotopic (exact) mass is 257 g/mol. The van der Waals surface area contributed by atoms with Crippen molar-refractivity contribution in [2.24, 2.45) is 0 Å². The summed E-state index contributed by atoms with van der Waals surface area (Å²) in [7, 11) is 0. The van der Waals surface area contributed by atoms with Gasteiger partial charge in [-0.3, -0.25) is 0 Å². The Balaban J connectivity index is 2.22. The van der Waals surface area contributed by atoms with Crippen molar-refractivity contribution in [2.75, 3.05) is 0 Å². The normalized spacial score (nSPS) is 10.3. The first-order valence-electron chi connectivity index (χ1n) is 4.01. The third kappa shape index (κ3) is 2.81. The summed E-state index contributed by atoms with van der Waals surface area (Å²) in [5, 5.41) is 2.39. The van der Waals surface area contributed by atoms with Gasteiger partial charge in [0, 0.05) is 18.6 Å². The van der Waals surface area contributed by atoms with Gasteiger partial charge in [-0.1, -0.05) is 23.2 Å². The summed E-state index contributed by atoms with van der Waals surface area (Å²) >= 11 is 12.9. The molecule has 2 rings (SSSR count). The number of rotatable bonds is 2. The summed E-state index contributed by atoms with van der Waals surface area (Å²) in [6.45, 7) is 0. The smallest absolute Gasteiger partial charge is 0.161 e. The average Bonchev–Trinajstić information content (AvgIpc) is 2.25. The van der Waals surface area contributed by atoms with Crippen LogP contribution in [0.5, 0.6) is 0 Å². The zero-order valence-electron chi connectivity index (χ0n) is 7.39. The molecule has 0 fully saturated rings. The Labute approximate surface area is 101 Å². The van der Waals surface area contributed by atoms with Crippen LogP contribution in [0.25, 0.3) is 0 Å². The Bertz CT molecular complexity index is 461. The molecule has 0 saturated carbocycles. The maximum absolute atomic E-state index is 5.86. The highest BCUT2D eigenvalue weighted by molar-refractivity contribution is 7.99. The molecule has 0 aliphatic rings. The van der Waals surface area contributed by atoms with Crippen LogP contribution in [-0.4, -0.2) is 15.0 Å². The molecule has 0 amide bonds. The quantitative estimate of drug-likeness (QED) is 0.828. The summed E-state index contributed by atoms with van der Waals surface area (Å²) in [6.07, 6.45) is 4.71. The number of aromatic nitrogens is 3. The minimum atomic E-state index is 0.374. The molecule has 3 nitrogen and oxygen atoms in total. The van der Waals surface area contributed by atoms with Crippen LogP contribution in [0.2, 0.25) is 10.2 Å². The van der Waals surface area contributed by atoms with Crippen molar-refractivity contribution in [3.05, 3.63) is 40.9 Å². The molecule has 0 N–H and O–H groups in total. The van der Waals surface area contributed by atoms with Crippen molar-refractivity contribution in [2.45, 2.75) is 10.1 Å². The largest absolute Gasteiger partial charge is 0.248 e. The lowest BCUT2D eigenvalue weighted by Gasteiger charge is -2.00. The first kappa shape index (κ1) is 10.7. The molecule has 2 heterocycles. The molecule has 0 radical (unpaired) electrons. The zero-order valence-corrected chi connectivity index (χ0v) is 9.72. The van der Waals surface area contributed by atoms with E-state index >= 15 is 0 Å². The van der Waals surface area contributed by atoms with Crippen LogP contribution >= 0.6 is 35.0 Å². The Morgan fingerprint density at radius 2 is 1.80 bits per heavy atom. The Kier molecular flexibility index (Phi) is 3.41. The van der Waals surface area contributed by atoms with E-state index in [1.807, 2.05) is 0 Å². The number of hydrogen-bond acceptors (Lipinski definition) is 4. The van der Waals surface area contributed by atoms with Gasteiger partial charge in [0.25, 0.3) is 0 Å². The minimum Gasteiger partial charge on any atom is -0.248 e. The van der Waals surface area contributed by atoms with E-state index in [4.69, 9.17) is 23.2 Å². The van der Waals surface area contributed by atoms with Crippen LogP contribution in [-0.2, 0) is 0 Å². The average molecular weight is 258 g/mol. The molecule has 0 aromatic carbocycles. The van der Waals surface area contributed by atoms with Crippen LogP contribution in [0.15, 0.2) is 40.8 Å². The SMILES string of the molecule is Clc1ccc(Sc2nccnc2Cl)nc1. The standard InChI is InChI=1S/C9H5Cl2N3S/c10-6-1-2-7(14-5-6)15-9-8(11)12-3-4-13-9/h1-5H. The molecule has 0 aliphatic heterocycles. The van der Waals surface area contributed by atoms with Crippen molar-refractivity contribution in [3.63, 3.8) is 0 Å². The summed E-state index contributed by atoms with van der Waals surface area (Å²) in [5.74, 6) is 0. The van der Waals surface area contributed by atoms with Gasteiger partial charge in [-0.25, -0.2) is 15.0 Å². The van der Waals surface area contributed by atoms with Crippen molar-refractivity contribution >= 4 is 35.0 Å². The van der Waals surface area contributed by atoms with Gasteiger partial charge in [0.1, 0.15) is 10.1 Å². The van der Waals surface area contributed by atoms with Crippen LogP contribution in [0.3, 0.4) is 0 Å². The number of nitrogens with zero attached hydrogens (tertiary/aromatic N) is 3. The van der Waals surface area contributed by atoms with Crippen LogP contribution < -0.4 is 0 Å². The van der Waals surface area contributed by atoms with Gasteiger partial charge >= 0.3 is 0 Å². The lowest BCUT2D eigenvalue weighted by molar-refractivity contribution is 1.04. The van der Waals surface area contributed by atoms with Gasteiger partial charge < -0.3 is 0 Å². The highest BCUT2D eigenvalue weighted by Crippen LogP contribution is 2.28. The lowest BCUT2D eigenvalue weighted by atomic mass is 10.5. The minimum absolute atomic E-state index is 0.374.